The Morgan fingerprint density at radius 2 is 1.78 bits per heavy atom. The number of carbonyl (C=O) groups is 2. The summed E-state index contributed by atoms with van der Waals surface area (Å²) in [5.41, 5.74) is 0.857. The molecule has 1 atom stereocenters. The first kappa shape index (κ1) is 21.1. The van der Waals surface area contributed by atoms with Gasteiger partial charge in [0.15, 0.2) is 0 Å². The highest BCUT2D eigenvalue weighted by atomic mass is 32.1. The van der Waals surface area contributed by atoms with Crippen molar-refractivity contribution in [2.75, 3.05) is 6.54 Å². The third-order valence-corrected chi connectivity index (χ3v) is 5.60. The van der Waals surface area contributed by atoms with Gasteiger partial charge in [-0.05, 0) is 50.1 Å². The lowest BCUT2D eigenvalue weighted by Gasteiger charge is -2.30. The minimum absolute atomic E-state index is 0.00287. The monoisotopic (exact) mass is 390 g/mol. The Hall–Kier alpha value is -2.21. The molecule has 0 saturated heterocycles. The summed E-state index contributed by atoms with van der Waals surface area (Å²) in [6, 6.07) is 10.2. The second-order valence-corrected chi connectivity index (χ2v) is 8.17. The van der Waals surface area contributed by atoms with Crippen LogP contribution in [-0.2, 0) is 22.7 Å². The van der Waals surface area contributed by atoms with Gasteiger partial charge in [-0.1, -0.05) is 19.1 Å². The van der Waals surface area contributed by atoms with Gasteiger partial charge >= 0.3 is 0 Å². The first-order valence-electron chi connectivity index (χ1n) is 9.14. The number of hydrogen-bond acceptors (Lipinski definition) is 3. The predicted octanol–water partition coefficient (Wildman–Crippen LogP) is 4.37. The number of benzene rings is 1. The summed E-state index contributed by atoms with van der Waals surface area (Å²) in [6.45, 7) is 8.36. The highest BCUT2D eigenvalue weighted by Crippen LogP contribution is 2.19. The standard InChI is InChI=1S/C21H27FN2O2S/c1-5-15(2)24(17(4)25)14-21(26)23(13-20-11-6-16(3)27-20)12-18-7-9-19(22)10-8-18/h6-11,15H,5,12-14H2,1-4H3/t15-/m0/s1. The smallest absolute Gasteiger partial charge is 0.242 e. The van der Waals surface area contributed by atoms with Gasteiger partial charge in [0.25, 0.3) is 0 Å². The van der Waals surface area contributed by atoms with Gasteiger partial charge < -0.3 is 9.80 Å². The van der Waals surface area contributed by atoms with E-state index in [9.17, 15) is 14.0 Å². The highest BCUT2D eigenvalue weighted by Gasteiger charge is 2.23. The van der Waals surface area contributed by atoms with Crippen molar-refractivity contribution >= 4 is 23.2 Å². The van der Waals surface area contributed by atoms with Crippen LogP contribution in [0.25, 0.3) is 0 Å². The summed E-state index contributed by atoms with van der Waals surface area (Å²) >= 11 is 1.65. The molecule has 1 heterocycles. The molecule has 0 N–H and O–H groups in total. The number of carbonyl (C=O) groups excluding carboxylic acids is 2. The van der Waals surface area contributed by atoms with Gasteiger partial charge in [-0.2, -0.15) is 0 Å². The molecule has 0 unspecified atom stereocenters. The summed E-state index contributed by atoms with van der Waals surface area (Å²) in [7, 11) is 0. The van der Waals surface area contributed by atoms with E-state index < -0.39 is 0 Å². The maximum absolute atomic E-state index is 13.2. The molecule has 0 radical (unpaired) electrons. The maximum Gasteiger partial charge on any atom is 0.242 e. The van der Waals surface area contributed by atoms with Crippen molar-refractivity contribution in [2.45, 2.75) is 53.2 Å². The number of rotatable bonds is 8. The summed E-state index contributed by atoms with van der Waals surface area (Å²) < 4.78 is 13.2. The molecular weight excluding hydrogens is 363 g/mol. The fourth-order valence-corrected chi connectivity index (χ4v) is 3.75. The van der Waals surface area contributed by atoms with Crippen molar-refractivity contribution in [2.24, 2.45) is 0 Å². The Labute approximate surface area is 164 Å². The van der Waals surface area contributed by atoms with Crippen LogP contribution in [0, 0.1) is 12.7 Å². The van der Waals surface area contributed by atoms with E-state index in [0.29, 0.717) is 13.1 Å². The molecular formula is C21H27FN2O2S. The molecule has 1 aromatic heterocycles. The van der Waals surface area contributed by atoms with E-state index in [2.05, 4.69) is 0 Å². The molecule has 0 aliphatic heterocycles. The number of amides is 2. The normalized spacial score (nSPS) is 11.9. The topological polar surface area (TPSA) is 40.6 Å². The Morgan fingerprint density at radius 1 is 1.11 bits per heavy atom. The van der Waals surface area contributed by atoms with Crippen LogP contribution >= 0.6 is 11.3 Å². The van der Waals surface area contributed by atoms with Crippen molar-refractivity contribution < 1.29 is 14.0 Å². The summed E-state index contributed by atoms with van der Waals surface area (Å²) in [5.74, 6) is -0.516. The molecule has 0 aliphatic carbocycles. The predicted molar refractivity (Wildman–Crippen MR) is 107 cm³/mol. The number of hydrogen-bond donors (Lipinski definition) is 0. The average molecular weight is 391 g/mol. The van der Waals surface area contributed by atoms with E-state index in [1.807, 2.05) is 32.9 Å². The third-order valence-electron chi connectivity index (χ3n) is 4.62. The van der Waals surface area contributed by atoms with Crippen LogP contribution in [0.2, 0.25) is 0 Å². The van der Waals surface area contributed by atoms with Crippen molar-refractivity contribution in [1.29, 1.82) is 0 Å². The van der Waals surface area contributed by atoms with Gasteiger partial charge in [0.05, 0.1) is 13.1 Å². The average Bonchev–Trinajstić information content (AvgIpc) is 3.04. The fraction of sp³-hybridized carbons (Fsp3) is 0.429. The molecule has 0 aliphatic rings. The lowest BCUT2D eigenvalue weighted by atomic mass is 10.2. The lowest BCUT2D eigenvalue weighted by Crippen LogP contribution is -2.45. The first-order chi connectivity index (χ1) is 12.8. The molecule has 0 bridgehead atoms. The third kappa shape index (κ3) is 6.17. The van der Waals surface area contributed by atoms with Crippen LogP contribution in [0.3, 0.4) is 0 Å². The Balaban J connectivity index is 2.19. The van der Waals surface area contributed by atoms with E-state index >= 15 is 0 Å². The van der Waals surface area contributed by atoms with Crippen molar-refractivity contribution in [3.8, 4) is 0 Å². The molecule has 0 fully saturated rings. The SMILES string of the molecule is CC[C@H](C)N(CC(=O)N(Cc1ccc(F)cc1)Cc1ccc(C)s1)C(C)=O. The molecule has 6 heteroatoms. The Morgan fingerprint density at radius 3 is 2.30 bits per heavy atom. The minimum atomic E-state index is -0.301. The zero-order valence-corrected chi connectivity index (χ0v) is 17.2. The Bertz CT molecular complexity index is 773. The largest absolute Gasteiger partial charge is 0.332 e. The lowest BCUT2D eigenvalue weighted by molar-refractivity contribution is -0.141. The number of halogens is 1. The summed E-state index contributed by atoms with van der Waals surface area (Å²) in [6.07, 6.45) is 0.787. The summed E-state index contributed by atoms with van der Waals surface area (Å²) in [4.78, 5) is 30.6. The van der Waals surface area contributed by atoms with E-state index in [-0.39, 0.29) is 30.2 Å². The Kier molecular flexibility index (Phi) is 7.54. The zero-order valence-electron chi connectivity index (χ0n) is 16.4. The van der Waals surface area contributed by atoms with Gasteiger partial charge in [0, 0.05) is 29.3 Å². The fourth-order valence-electron chi connectivity index (χ4n) is 2.84. The number of thiophene rings is 1. The van der Waals surface area contributed by atoms with Crippen LogP contribution in [0.15, 0.2) is 36.4 Å². The van der Waals surface area contributed by atoms with Gasteiger partial charge in [-0.3, -0.25) is 9.59 Å². The first-order valence-corrected chi connectivity index (χ1v) is 9.96. The van der Waals surface area contributed by atoms with Crippen LogP contribution in [0.5, 0.6) is 0 Å². The molecule has 1 aromatic carbocycles. The summed E-state index contributed by atoms with van der Waals surface area (Å²) in [5, 5.41) is 0. The quantitative estimate of drug-likeness (QED) is 0.671. The van der Waals surface area contributed by atoms with Gasteiger partial charge in [-0.15, -0.1) is 11.3 Å². The van der Waals surface area contributed by atoms with Gasteiger partial charge in [0.2, 0.25) is 11.8 Å². The molecule has 2 aromatic rings. The van der Waals surface area contributed by atoms with Crippen molar-refractivity contribution in [1.82, 2.24) is 9.80 Å². The number of nitrogens with zero attached hydrogens (tertiary/aromatic N) is 2. The highest BCUT2D eigenvalue weighted by molar-refractivity contribution is 7.11. The van der Waals surface area contributed by atoms with Crippen molar-refractivity contribution in [3.05, 3.63) is 57.5 Å². The van der Waals surface area contributed by atoms with Crippen LogP contribution in [0.4, 0.5) is 4.39 Å². The zero-order chi connectivity index (χ0) is 20.0. The molecule has 2 amide bonds. The molecule has 4 nitrogen and oxygen atoms in total. The van der Waals surface area contributed by atoms with E-state index in [1.165, 1.54) is 23.9 Å². The minimum Gasteiger partial charge on any atom is -0.332 e. The van der Waals surface area contributed by atoms with Crippen LogP contribution in [0.1, 0.15) is 42.5 Å². The van der Waals surface area contributed by atoms with Crippen molar-refractivity contribution in [3.63, 3.8) is 0 Å². The van der Waals surface area contributed by atoms with E-state index in [1.54, 1.807) is 33.3 Å². The molecule has 146 valence electrons. The van der Waals surface area contributed by atoms with E-state index in [0.717, 1.165) is 16.9 Å². The van der Waals surface area contributed by atoms with E-state index in [4.69, 9.17) is 0 Å². The second-order valence-electron chi connectivity index (χ2n) is 6.79. The molecule has 0 spiro atoms. The van der Waals surface area contributed by atoms with Crippen LogP contribution in [-0.4, -0.2) is 34.2 Å². The molecule has 27 heavy (non-hydrogen) atoms. The number of aryl methyl sites for hydroxylation is 1. The molecule has 0 saturated carbocycles. The maximum atomic E-state index is 13.2. The van der Waals surface area contributed by atoms with Crippen LogP contribution < -0.4 is 0 Å². The van der Waals surface area contributed by atoms with Gasteiger partial charge in [0.1, 0.15) is 5.82 Å². The molecule has 2 rings (SSSR count). The van der Waals surface area contributed by atoms with Gasteiger partial charge in [-0.25, -0.2) is 4.39 Å². The second kappa shape index (κ2) is 9.65.